The normalized spacial score (nSPS) is 17.4. The average Bonchev–Trinajstić information content (AvgIpc) is 3.01. The van der Waals surface area contributed by atoms with Gasteiger partial charge in [0, 0.05) is 48.5 Å². The van der Waals surface area contributed by atoms with Gasteiger partial charge in [-0.25, -0.2) is 19.3 Å². The smallest absolute Gasteiger partial charge is 0.183 e. The number of anilines is 1. The predicted octanol–water partition coefficient (Wildman–Crippen LogP) is 4.34. The fourth-order valence-corrected chi connectivity index (χ4v) is 4.00. The van der Waals surface area contributed by atoms with Crippen molar-refractivity contribution >= 4 is 46.2 Å². The zero-order valence-electron chi connectivity index (χ0n) is 14.6. The lowest BCUT2D eigenvalue weighted by molar-refractivity contribution is -0.120. The van der Waals surface area contributed by atoms with Gasteiger partial charge in [-0.3, -0.25) is 8.77 Å². The number of halogens is 2. The third-order valence-electron chi connectivity index (χ3n) is 4.58. The van der Waals surface area contributed by atoms with Crippen LogP contribution >= 0.6 is 23.5 Å². The highest BCUT2D eigenvalue weighted by Crippen LogP contribution is 2.32. The number of aromatic nitrogens is 4. The first kappa shape index (κ1) is 18.2. The van der Waals surface area contributed by atoms with Crippen LogP contribution in [0.4, 0.5) is 10.2 Å². The van der Waals surface area contributed by atoms with Gasteiger partial charge in [-0.2, -0.15) is 0 Å². The number of nitrogens with one attached hydrogen (secondary N) is 1. The minimum absolute atomic E-state index is 0.104. The first-order chi connectivity index (χ1) is 13.0. The van der Waals surface area contributed by atoms with Crippen molar-refractivity contribution in [3.63, 3.8) is 0 Å². The van der Waals surface area contributed by atoms with Crippen molar-refractivity contribution in [3.8, 4) is 11.4 Å². The Labute approximate surface area is 164 Å². The van der Waals surface area contributed by atoms with Crippen molar-refractivity contribution in [2.75, 3.05) is 11.6 Å². The molecule has 0 radical (unpaired) electrons. The molecule has 0 saturated heterocycles. The summed E-state index contributed by atoms with van der Waals surface area (Å²) >= 11 is 7.59. The zero-order chi connectivity index (χ0) is 19.0. The summed E-state index contributed by atoms with van der Waals surface area (Å²) in [6.45, 7) is 0. The van der Waals surface area contributed by atoms with Crippen LogP contribution in [0.3, 0.4) is 0 Å². The molecule has 27 heavy (non-hydrogen) atoms. The number of rotatable bonds is 4. The van der Waals surface area contributed by atoms with Crippen molar-refractivity contribution < 1.29 is 9.18 Å². The quantitative estimate of drug-likeness (QED) is 0.696. The molecule has 3 aromatic heterocycles. The Balaban J connectivity index is 1.73. The maximum Gasteiger partial charge on any atom is 0.183 e. The van der Waals surface area contributed by atoms with Crippen molar-refractivity contribution in [1.29, 1.82) is 0 Å². The maximum atomic E-state index is 14.3. The third-order valence-corrected chi connectivity index (χ3v) is 5.46. The SMILES string of the molecule is CSn1cc(-c2ncc(F)c(NC3CCCC(=O)C3)n2)c2cc(Cl)cnc21. The van der Waals surface area contributed by atoms with Gasteiger partial charge < -0.3 is 5.32 Å². The van der Waals surface area contributed by atoms with Gasteiger partial charge in [0.15, 0.2) is 23.1 Å². The van der Waals surface area contributed by atoms with E-state index in [0.717, 1.165) is 35.6 Å². The third kappa shape index (κ3) is 3.64. The van der Waals surface area contributed by atoms with E-state index in [1.807, 2.05) is 16.4 Å². The van der Waals surface area contributed by atoms with E-state index in [9.17, 15) is 9.18 Å². The molecule has 1 unspecified atom stereocenters. The van der Waals surface area contributed by atoms with Crippen LogP contribution in [0.15, 0.2) is 24.7 Å². The summed E-state index contributed by atoms with van der Waals surface area (Å²) in [5.74, 6) is 0.140. The Morgan fingerprint density at radius 1 is 1.37 bits per heavy atom. The van der Waals surface area contributed by atoms with E-state index in [0.29, 0.717) is 23.7 Å². The lowest BCUT2D eigenvalue weighted by Crippen LogP contribution is -2.28. The number of hydrogen-bond donors (Lipinski definition) is 1. The minimum atomic E-state index is -0.540. The van der Waals surface area contributed by atoms with Crippen molar-refractivity contribution in [3.05, 3.63) is 35.5 Å². The first-order valence-electron chi connectivity index (χ1n) is 8.57. The van der Waals surface area contributed by atoms with Crippen LogP contribution in [0.25, 0.3) is 22.4 Å². The summed E-state index contributed by atoms with van der Waals surface area (Å²) in [5.41, 5.74) is 1.46. The van der Waals surface area contributed by atoms with Gasteiger partial charge >= 0.3 is 0 Å². The van der Waals surface area contributed by atoms with Crippen LogP contribution in [-0.4, -0.2) is 37.0 Å². The molecule has 9 heteroatoms. The standard InChI is InChI=1S/C18H17ClFN5OS/c1-27-25-9-14(13-5-10(19)7-22-18(13)25)16-21-8-15(20)17(24-16)23-11-3-2-4-12(26)6-11/h5,7-9,11H,2-4,6H2,1H3,(H,21,23,24). The van der Waals surface area contributed by atoms with E-state index in [1.165, 1.54) is 11.9 Å². The molecule has 1 aliphatic rings. The lowest BCUT2D eigenvalue weighted by Gasteiger charge is -2.22. The summed E-state index contributed by atoms with van der Waals surface area (Å²) in [5, 5.41) is 4.37. The molecule has 4 rings (SSSR count). The molecule has 1 atom stereocenters. The fourth-order valence-electron chi connectivity index (χ4n) is 3.31. The number of fused-ring (bicyclic) bond motifs is 1. The molecule has 3 aromatic rings. The van der Waals surface area contributed by atoms with Crippen LogP contribution in [0.5, 0.6) is 0 Å². The van der Waals surface area contributed by atoms with E-state index in [-0.39, 0.29) is 17.6 Å². The van der Waals surface area contributed by atoms with Gasteiger partial charge in [-0.15, -0.1) is 0 Å². The summed E-state index contributed by atoms with van der Waals surface area (Å²) in [4.78, 5) is 24.6. The van der Waals surface area contributed by atoms with Crippen LogP contribution < -0.4 is 5.32 Å². The summed E-state index contributed by atoms with van der Waals surface area (Å²) in [6, 6.07) is 1.69. The second-order valence-electron chi connectivity index (χ2n) is 6.44. The van der Waals surface area contributed by atoms with Gasteiger partial charge in [0.1, 0.15) is 5.78 Å². The van der Waals surface area contributed by atoms with Crippen LogP contribution in [0, 0.1) is 5.82 Å². The second-order valence-corrected chi connectivity index (χ2v) is 7.64. The van der Waals surface area contributed by atoms with Gasteiger partial charge in [0.2, 0.25) is 0 Å². The Hall–Kier alpha value is -2.19. The first-order valence-corrected chi connectivity index (χ1v) is 10.1. The Kier molecular flexibility index (Phi) is 5.01. The highest BCUT2D eigenvalue weighted by molar-refractivity contribution is 7.97. The number of carbonyl (C=O) groups is 1. The fraction of sp³-hybridized carbons (Fsp3) is 0.333. The predicted molar refractivity (Wildman–Crippen MR) is 106 cm³/mol. The number of pyridine rings is 1. The summed E-state index contributed by atoms with van der Waals surface area (Å²) in [7, 11) is 0. The Bertz CT molecular complexity index is 1020. The molecule has 0 amide bonds. The summed E-state index contributed by atoms with van der Waals surface area (Å²) < 4.78 is 16.2. The van der Waals surface area contributed by atoms with Gasteiger partial charge in [-0.05, 0) is 30.9 Å². The molecule has 0 spiro atoms. The molecule has 0 aromatic carbocycles. The van der Waals surface area contributed by atoms with E-state index in [1.54, 1.807) is 12.3 Å². The van der Waals surface area contributed by atoms with Gasteiger partial charge in [-0.1, -0.05) is 11.6 Å². The number of carbonyl (C=O) groups excluding carboxylic acids is 1. The van der Waals surface area contributed by atoms with Crippen molar-refractivity contribution in [2.45, 2.75) is 31.7 Å². The number of Topliss-reactive ketones (excluding diaryl/α,β-unsaturated/α-hetero) is 1. The van der Waals surface area contributed by atoms with E-state index in [4.69, 9.17) is 11.6 Å². The van der Waals surface area contributed by atoms with Crippen molar-refractivity contribution in [2.24, 2.45) is 0 Å². The zero-order valence-corrected chi connectivity index (χ0v) is 16.1. The lowest BCUT2D eigenvalue weighted by atomic mass is 9.94. The van der Waals surface area contributed by atoms with E-state index < -0.39 is 5.82 Å². The van der Waals surface area contributed by atoms with E-state index in [2.05, 4.69) is 20.3 Å². The van der Waals surface area contributed by atoms with Crippen LogP contribution in [-0.2, 0) is 4.79 Å². The van der Waals surface area contributed by atoms with Gasteiger partial charge in [0.05, 0.1) is 11.2 Å². The molecule has 1 fully saturated rings. The summed E-state index contributed by atoms with van der Waals surface area (Å²) in [6.07, 6.45) is 9.13. The number of ketones is 1. The monoisotopic (exact) mass is 405 g/mol. The maximum absolute atomic E-state index is 14.3. The average molecular weight is 406 g/mol. The van der Waals surface area contributed by atoms with Crippen LogP contribution in [0.1, 0.15) is 25.7 Å². The largest absolute Gasteiger partial charge is 0.364 e. The van der Waals surface area contributed by atoms with Gasteiger partial charge in [0.25, 0.3) is 0 Å². The van der Waals surface area contributed by atoms with E-state index >= 15 is 0 Å². The topological polar surface area (TPSA) is 72.7 Å². The molecule has 0 aliphatic heterocycles. The molecular formula is C18H17ClFN5OS. The molecule has 1 saturated carbocycles. The number of nitrogens with zero attached hydrogens (tertiary/aromatic N) is 4. The molecule has 1 aliphatic carbocycles. The molecule has 1 N–H and O–H groups in total. The molecule has 6 nitrogen and oxygen atoms in total. The highest BCUT2D eigenvalue weighted by atomic mass is 35.5. The van der Waals surface area contributed by atoms with Crippen molar-refractivity contribution in [1.82, 2.24) is 18.9 Å². The molecule has 3 heterocycles. The Morgan fingerprint density at radius 2 is 2.22 bits per heavy atom. The molecule has 0 bridgehead atoms. The highest BCUT2D eigenvalue weighted by Gasteiger charge is 2.22. The molecular weight excluding hydrogens is 389 g/mol. The Morgan fingerprint density at radius 3 is 3.00 bits per heavy atom. The van der Waals surface area contributed by atoms with Crippen LogP contribution in [0.2, 0.25) is 5.02 Å². The molecule has 140 valence electrons. The second kappa shape index (κ2) is 7.44. The minimum Gasteiger partial charge on any atom is -0.364 e. The number of hydrogen-bond acceptors (Lipinski definition) is 6.